The van der Waals surface area contributed by atoms with Gasteiger partial charge < -0.3 is 10.6 Å². The third-order valence-corrected chi connectivity index (χ3v) is 5.52. The molecule has 2 N–H and O–H groups in total. The van der Waals surface area contributed by atoms with E-state index in [2.05, 4.69) is 16.7 Å². The zero-order chi connectivity index (χ0) is 16.8. The van der Waals surface area contributed by atoms with Gasteiger partial charge in [-0.15, -0.1) is 0 Å². The van der Waals surface area contributed by atoms with E-state index in [9.17, 15) is 8.42 Å². The van der Waals surface area contributed by atoms with Gasteiger partial charge >= 0.3 is 0 Å². The van der Waals surface area contributed by atoms with Crippen LogP contribution in [-0.4, -0.2) is 43.7 Å². The molecule has 1 aromatic carbocycles. The molecule has 0 unspecified atom stereocenters. The fourth-order valence-electron chi connectivity index (χ4n) is 1.90. The Morgan fingerprint density at radius 3 is 2.64 bits per heavy atom. The molecule has 0 saturated carbocycles. The van der Waals surface area contributed by atoms with Crippen molar-refractivity contribution in [3.8, 4) is 0 Å². The third-order valence-electron chi connectivity index (χ3n) is 3.42. The molecule has 5 nitrogen and oxygen atoms in total. The molecule has 0 saturated heterocycles. The van der Waals surface area contributed by atoms with Crippen molar-refractivity contribution in [2.45, 2.75) is 27.2 Å². The van der Waals surface area contributed by atoms with Gasteiger partial charge in [0.1, 0.15) is 0 Å². The van der Waals surface area contributed by atoms with Gasteiger partial charge in [0.25, 0.3) is 0 Å². The fraction of sp³-hybridized carbons (Fsp3) is 0.533. The Morgan fingerprint density at radius 2 is 2.00 bits per heavy atom. The molecule has 0 radical (unpaired) electrons. The summed E-state index contributed by atoms with van der Waals surface area (Å²) in [6, 6.07) is 6.15. The Labute approximate surface area is 139 Å². The van der Waals surface area contributed by atoms with Gasteiger partial charge in [0.2, 0.25) is 10.0 Å². The highest BCUT2D eigenvalue weighted by molar-refractivity contribution is 7.89. The smallest absolute Gasteiger partial charge is 0.213 e. The van der Waals surface area contributed by atoms with Crippen LogP contribution in [0.4, 0.5) is 5.69 Å². The maximum absolute atomic E-state index is 11.6. The lowest BCUT2D eigenvalue weighted by Gasteiger charge is -2.17. The first-order chi connectivity index (χ1) is 10.3. The summed E-state index contributed by atoms with van der Waals surface area (Å²) in [5.74, 6) is 0.129. The van der Waals surface area contributed by atoms with Crippen LogP contribution in [0.3, 0.4) is 0 Å². The van der Waals surface area contributed by atoms with E-state index >= 15 is 0 Å². The molecule has 1 aromatic rings. The predicted molar refractivity (Wildman–Crippen MR) is 96.8 cm³/mol. The van der Waals surface area contributed by atoms with Crippen molar-refractivity contribution >= 4 is 33.0 Å². The Bertz CT molecular complexity index is 615. The van der Waals surface area contributed by atoms with Crippen LogP contribution in [0, 0.1) is 13.8 Å². The lowest BCUT2D eigenvalue weighted by Crippen LogP contribution is -2.34. The number of aryl methyl sites for hydroxylation is 2. The summed E-state index contributed by atoms with van der Waals surface area (Å²) in [6.07, 6.45) is 0.699. The van der Waals surface area contributed by atoms with Gasteiger partial charge in [0, 0.05) is 25.8 Å². The van der Waals surface area contributed by atoms with Crippen LogP contribution in [-0.2, 0) is 10.0 Å². The van der Waals surface area contributed by atoms with Gasteiger partial charge in [-0.1, -0.05) is 12.1 Å². The number of rotatable bonds is 7. The highest BCUT2D eigenvalue weighted by Gasteiger charge is 2.13. The molecule has 22 heavy (non-hydrogen) atoms. The van der Waals surface area contributed by atoms with Crippen LogP contribution in [0.5, 0.6) is 0 Å². The summed E-state index contributed by atoms with van der Waals surface area (Å²) >= 11 is 5.26. The van der Waals surface area contributed by atoms with Crippen molar-refractivity contribution in [1.29, 1.82) is 0 Å². The van der Waals surface area contributed by atoms with E-state index < -0.39 is 10.0 Å². The monoisotopic (exact) mass is 343 g/mol. The largest absolute Gasteiger partial charge is 0.362 e. The molecule has 0 heterocycles. The Hall–Kier alpha value is -1.18. The topological polar surface area (TPSA) is 61.4 Å². The maximum Gasteiger partial charge on any atom is 0.213 e. The van der Waals surface area contributed by atoms with Crippen molar-refractivity contribution < 1.29 is 8.42 Å². The van der Waals surface area contributed by atoms with Gasteiger partial charge in [-0.3, -0.25) is 0 Å². The van der Waals surface area contributed by atoms with E-state index in [-0.39, 0.29) is 5.75 Å². The summed E-state index contributed by atoms with van der Waals surface area (Å²) < 4.78 is 24.6. The summed E-state index contributed by atoms with van der Waals surface area (Å²) in [4.78, 5) is 0. The fourth-order valence-corrected chi connectivity index (χ4v) is 2.96. The molecule has 0 aliphatic rings. The number of hydrogen-bond acceptors (Lipinski definition) is 3. The molecule has 0 aliphatic heterocycles. The Kier molecular flexibility index (Phi) is 7.25. The quantitative estimate of drug-likeness (QED) is 0.587. The molecule has 0 amide bonds. The Morgan fingerprint density at radius 1 is 1.32 bits per heavy atom. The highest BCUT2D eigenvalue weighted by Crippen LogP contribution is 2.16. The lowest BCUT2D eigenvalue weighted by atomic mass is 10.1. The number of sulfonamides is 1. The summed E-state index contributed by atoms with van der Waals surface area (Å²) in [5.41, 5.74) is 3.29. The Balaban J connectivity index is 2.37. The van der Waals surface area contributed by atoms with Crippen molar-refractivity contribution in [2.75, 3.05) is 31.2 Å². The maximum atomic E-state index is 11.6. The van der Waals surface area contributed by atoms with Gasteiger partial charge in [0.05, 0.1) is 5.75 Å². The number of benzene rings is 1. The van der Waals surface area contributed by atoms with Gasteiger partial charge in [0.15, 0.2) is 5.11 Å². The summed E-state index contributed by atoms with van der Waals surface area (Å²) in [7, 11) is -1.50. The second-order valence-corrected chi connectivity index (χ2v) is 8.05. The normalized spacial score (nSPS) is 11.5. The highest BCUT2D eigenvalue weighted by atomic mass is 32.2. The first-order valence-electron chi connectivity index (χ1n) is 7.32. The average molecular weight is 344 g/mol. The van der Waals surface area contributed by atoms with E-state index in [4.69, 9.17) is 12.2 Å². The molecule has 0 aromatic heterocycles. The molecular formula is C15H25N3O2S2. The number of nitrogens with zero attached hydrogens (tertiary/aromatic N) is 1. The van der Waals surface area contributed by atoms with E-state index in [0.717, 1.165) is 11.3 Å². The standard InChI is InChI=1S/C15H25N3O2S2/c1-5-22(19,20)18(4)10-6-9-16-15(21)17-14-11-12(2)7-8-13(14)3/h7-8,11H,5-6,9-10H2,1-4H3,(H2,16,17,21). The molecular weight excluding hydrogens is 318 g/mol. The summed E-state index contributed by atoms with van der Waals surface area (Å²) in [6.45, 7) is 6.81. The van der Waals surface area contributed by atoms with Crippen molar-refractivity contribution in [2.24, 2.45) is 0 Å². The second-order valence-electron chi connectivity index (χ2n) is 5.27. The van der Waals surface area contributed by atoms with E-state index in [1.165, 1.54) is 9.87 Å². The first-order valence-corrected chi connectivity index (χ1v) is 9.34. The van der Waals surface area contributed by atoms with E-state index in [1.54, 1.807) is 14.0 Å². The van der Waals surface area contributed by atoms with Crippen molar-refractivity contribution in [3.05, 3.63) is 29.3 Å². The molecule has 0 spiro atoms. The van der Waals surface area contributed by atoms with Gasteiger partial charge in [-0.05, 0) is 56.6 Å². The van der Waals surface area contributed by atoms with Crippen LogP contribution >= 0.6 is 12.2 Å². The van der Waals surface area contributed by atoms with Gasteiger partial charge in [-0.25, -0.2) is 12.7 Å². The minimum Gasteiger partial charge on any atom is -0.362 e. The van der Waals surface area contributed by atoms with Crippen LogP contribution in [0.2, 0.25) is 0 Å². The minimum atomic E-state index is -3.10. The van der Waals surface area contributed by atoms with Gasteiger partial charge in [-0.2, -0.15) is 0 Å². The lowest BCUT2D eigenvalue weighted by molar-refractivity contribution is 0.462. The molecule has 0 fully saturated rings. The van der Waals surface area contributed by atoms with Crippen LogP contribution in [0.1, 0.15) is 24.5 Å². The molecule has 124 valence electrons. The van der Waals surface area contributed by atoms with Crippen molar-refractivity contribution in [3.63, 3.8) is 0 Å². The number of anilines is 1. The first kappa shape index (κ1) is 18.9. The second kappa shape index (κ2) is 8.45. The molecule has 0 atom stereocenters. The average Bonchev–Trinajstić information content (AvgIpc) is 2.47. The molecule has 0 bridgehead atoms. The SMILES string of the molecule is CCS(=O)(=O)N(C)CCCNC(=S)Nc1cc(C)ccc1C. The van der Waals surface area contributed by atoms with E-state index in [1.807, 2.05) is 26.0 Å². The number of nitrogens with one attached hydrogen (secondary N) is 2. The van der Waals surface area contributed by atoms with Crippen LogP contribution < -0.4 is 10.6 Å². The van der Waals surface area contributed by atoms with Crippen LogP contribution in [0.25, 0.3) is 0 Å². The van der Waals surface area contributed by atoms with E-state index in [0.29, 0.717) is 24.6 Å². The third kappa shape index (κ3) is 5.90. The zero-order valence-electron chi connectivity index (χ0n) is 13.6. The minimum absolute atomic E-state index is 0.129. The number of thiocarbonyl (C=S) groups is 1. The predicted octanol–water partition coefficient (Wildman–Crippen LogP) is 2.26. The van der Waals surface area contributed by atoms with Crippen molar-refractivity contribution in [1.82, 2.24) is 9.62 Å². The number of hydrogen-bond donors (Lipinski definition) is 2. The molecule has 0 aliphatic carbocycles. The molecule has 7 heteroatoms. The zero-order valence-corrected chi connectivity index (χ0v) is 15.3. The molecule has 1 rings (SSSR count). The summed E-state index contributed by atoms with van der Waals surface area (Å²) in [5, 5.41) is 6.82. The van der Waals surface area contributed by atoms with Crippen LogP contribution in [0.15, 0.2) is 18.2 Å².